The monoisotopic (exact) mass is 339 g/mol. The van der Waals surface area contributed by atoms with E-state index in [0.717, 1.165) is 11.1 Å². The van der Waals surface area contributed by atoms with Crippen molar-refractivity contribution in [3.05, 3.63) is 65.2 Å². The molecule has 2 rings (SSSR count). The summed E-state index contributed by atoms with van der Waals surface area (Å²) in [6.07, 6.45) is 0.962. The number of benzene rings is 2. The summed E-state index contributed by atoms with van der Waals surface area (Å²) in [5, 5.41) is 11.7. The van der Waals surface area contributed by atoms with E-state index >= 15 is 0 Å². The zero-order valence-electron chi connectivity index (χ0n) is 14.0. The van der Waals surface area contributed by atoms with Crippen molar-refractivity contribution in [3.8, 4) is 0 Å². The van der Waals surface area contributed by atoms with E-state index in [0.29, 0.717) is 24.3 Å². The standard InChI is InChI=1S/C17H17NO3S.Na.H/c19-16(9-8-12-4-1-2-5-14(12)11-22)18-15-7-3-6-13(10-15)17(20)21;;/h1-7,10,22H,8-9,11H2,(H,18,19)(H,20,21);;/q;+1;-1. The average Bonchev–Trinajstić information content (AvgIpc) is 2.53. The number of carbonyl (C=O) groups is 2. The predicted molar refractivity (Wildman–Crippen MR) is 90.6 cm³/mol. The molecule has 0 saturated carbocycles. The number of aromatic carboxylic acids is 1. The zero-order valence-corrected chi connectivity index (χ0v) is 15.8. The summed E-state index contributed by atoms with van der Waals surface area (Å²) in [5.74, 6) is -0.520. The predicted octanol–water partition coefficient (Wildman–Crippen LogP) is 0.502. The smallest absolute Gasteiger partial charge is 1.00 e. The molecule has 2 aromatic carbocycles. The first-order chi connectivity index (χ1) is 10.6. The maximum Gasteiger partial charge on any atom is 1.00 e. The molecule has 116 valence electrons. The van der Waals surface area contributed by atoms with Crippen LogP contribution in [0.1, 0.15) is 29.3 Å². The fourth-order valence-electron chi connectivity index (χ4n) is 2.16. The van der Waals surface area contributed by atoms with E-state index in [2.05, 4.69) is 17.9 Å². The topological polar surface area (TPSA) is 66.4 Å². The van der Waals surface area contributed by atoms with Crippen molar-refractivity contribution in [3.63, 3.8) is 0 Å². The third-order valence-electron chi connectivity index (χ3n) is 3.30. The van der Waals surface area contributed by atoms with Crippen LogP contribution in [0.15, 0.2) is 48.5 Å². The minimum Gasteiger partial charge on any atom is -1.00 e. The number of anilines is 1. The van der Waals surface area contributed by atoms with Crippen molar-refractivity contribution in [2.24, 2.45) is 0 Å². The molecule has 0 aromatic heterocycles. The first kappa shape index (κ1) is 19.8. The molecule has 0 unspecified atom stereocenters. The van der Waals surface area contributed by atoms with Crippen LogP contribution in [0.3, 0.4) is 0 Å². The van der Waals surface area contributed by atoms with Gasteiger partial charge in [-0.3, -0.25) is 4.79 Å². The van der Waals surface area contributed by atoms with E-state index in [4.69, 9.17) is 5.11 Å². The number of hydrogen-bond donors (Lipinski definition) is 3. The molecule has 0 radical (unpaired) electrons. The van der Waals surface area contributed by atoms with E-state index in [1.807, 2.05) is 24.3 Å². The van der Waals surface area contributed by atoms with Crippen LogP contribution in [-0.4, -0.2) is 17.0 Å². The number of aryl methyl sites for hydroxylation is 1. The van der Waals surface area contributed by atoms with Crippen LogP contribution in [0.5, 0.6) is 0 Å². The van der Waals surface area contributed by atoms with Crippen molar-refractivity contribution in [1.82, 2.24) is 0 Å². The van der Waals surface area contributed by atoms with E-state index in [-0.39, 0.29) is 42.5 Å². The summed E-state index contributed by atoms with van der Waals surface area (Å²) in [6, 6.07) is 14.1. The second-order valence-corrected chi connectivity index (χ2v) is 5.18. The van der Waals surface area contributed by atoms with Gasteiger partial charge in [-0.2, -0.15) is 12.6 Å². The number of carboxylic acids is 1. The number of carbonyl (C=O) groups excluding carboxylic acids is 1. The summed E-state index contributed by atoms with van der Waals surface area (Å²) in [7, 11) is 0. The van der Waals surface area contributed by atoms with Crippen molar-refractivity contribution < 1.29 is 45.7 Å². The molecule has 0 fully saturated rings. The number of nitrogens with one attached hydrogen (secondary N) is 1. The molecule has 2 aromatic rings. The number of carboxylic acid groups (broad SMARTS) is 1. The summed E-state index contributed by atoms with van der Waals surface area (Å²) in [4.78, 5) is 22.9. The quantitative estimate of drug-likeness (QED) is 0.530. The van der Waals surface area contributed by atoms with Gasteiger partial charge in [0.15, 0.2) is 0 Å². The first-order valence-corrected chi connectivity index (χ1v) is 7.54. The molecule has 0 atom stereocenters. The van der Waals surface area contributed by atoms with Crippen LogP contribution in [-0.2, 0) is 17.0 Å². The Morgan fingerprint density at radius 1 is 1.09 bits per heavy atom. The van der Waals surface area contributed by atoms with Crippen LogP contribution in [0, 0.1) is 0 Å². The molecule has 1 amide bonds. The average molecular weight is 339 g/mol. The van der Waals surface area contributed by atoms with Gasteiger partial charge >= 0.3 is 35.5 Å². The van der Waals surface area contributed by atoms with E-state index in [1.54, 1.807) is 12.1 Å². The molecule has 0 spiro atoms. The first-order valence-electron chi connectivity index (χ1n) is 6.91. The van der Waals surface area contributed by atoms with Crippen molar-refractivity contribution in [1.29, 1.82) is 0 Å². The fraction of sp³-hybridized carbons (Fsp3) is 0.176. The van der Waals surface area contributed by atoms with Gasteiger partial charge in [0, 0.05) is 17.9 Å². The van der Waals surface area contributed by atoms with Gasteiger partial charge in [0.1, 0.15) is 0 Å². The third-order valence-corrected chi connectivity index (χ3v) is 3.64. The molecule has 0 heterocycles. The van der Waals surface area contributed by atoms with Crippen molar-refractivity contribution in [2.45, 2.75) is 18.6 Å². The summed E-state index contributed by atoms with van der Waals surface area (Å²) in [5.41, 5.74) is 2.86. The molecule has 0 aliphatic heterocycles. The van der Waals surface area contributed by atoms with E-state index in [1.165, 1.54) is 12.1 Å². The summed E-state index contributed by atoms with van der Waals surface area (Å²) in [6.45, 7) is 0. The summed E-state index contributed by atoms with van der Waals surface area (Å²) < 4.78 is 0. The van der Waals surface area contributed by atoms with Crippen LogP contribution < -0.4 is 34.9 Å². The molecule has 6 heteroatoms. The normalized spacial score (nSPS) is 9.78. The molecular formula is C17H18NNaO3S. The Hall–Kier alpha value is -1.27. The van der Waals surface area contributed by atoms with Crippen LogP contribution in [0.2, 0.25) is 0 Å². The largest absolute Gasteiger partial charge is 1.00 e. The van der Waals surface area contributed by atoms with Gasteiger partial charge in [-0.05, 0) is 35.7 Å². The SMILES string of the molecule is O=C(CCc1ccccc1CS)Nc1cccc(C(=O)O)c1.[H-].[Na+]. The fourth-order valence-corrected chi connectivity index (χ4v) is 2.47. The molecule has 0 aliphatic carbocycles. The molecule has 23 heavy (non-hydrogen) atoms. The Balaban J connectivity index is 0.00000264. The Morgan fingerprint density at radius 2 is 1.78 bits per heavy atom. The number of thiol groups is 1. The van der Waals surface area contributed by atoms with Gasteiger partial charge in [0.2, 0.25) is 5.91 Å². The third kappa shape index (κ3) is 6.03. The van der Waals surface area contributed by atoms with Gasteiger partial charge in [-0.1, -0.05) is 30.3 Å². The Morgan fingerprint density at radius 3 is 2.43 bits per heavy atom. The minimum absolute atomic E-state index is 0. The molecule has 2 N–H and O–H groups in total. The zero-order chi connectivity index (χ0) is 15.9. The number of hydrogen-bond acceptors (Lipinski definition) is 3. The molecule has 0 aliphatic rings. The Bertz CT molecular complexity index is 697. The molecule has 0 saturated heterocycles. The number of amides is 1. The molecular weight excluding hydrogens is 321 g/mol. The van der Waals surface area contributed by atoms with Crippen molar-refractivity contribution >= 4 is 30.2 Å². The van der Waals surface area contributed by atoms with Gasteiger partial charge < -0.3 is 11.8 Å². The Labute approximate surface area is 164 Å². The Kier molecular flexibility index (Phi) is 8.41. The molecule has 4 nitrogen and oxygen atoms in total. The van der Waals surface area contributed by atoms with Gasteiger partial charge in [0.05, 0.1) is 5.56 Å². The van der Waals surface area contributed by atoms with Crippen LogP contribution >= 0.6 is 12.6 Å². The van der Waals surface area contributed by atoms with Gasteiger partial charge in [-0.15, -0.1) is 0 Å². The number of rotatable bonds is 6. The maximum absolute atomic E-state index is 12.0. The maximum atomic E-state index is 12.0. The minimum atomic E-state index is -1.01. The summed E-state index contributed by atoms with van der Waals surface area (Å²) >= 11 is 4.28. The second kappa shape index (κ2) is 9.78. The van der Waals surface area contributed by atoms with Crippen LogP contribution in [0.25, 0.3) is 0 Å². The van der Waals surface area contributed by atoms with Crippen molar-refractivity contribution in [2.75, 3.05) is 5.32 Å². The second-order valence-electron chi connectivity index (χ2n) is 4.86. The van der Waals surface area contributed by atoms with Gasteiger partial charge in [0.25, 0.3) is 0 Å². The molecule has 0 bridgehead atoms. The van der Waals surface area contributed by atoms with E-state index < -0.39 is 5.97 Å². The van der Waals surface area contributed by atoms with Crippen LogP contribution in [0.4, 0.5) is 5.69 Å². The van der Waals surface area contributed by atoms with E-state index in [9.17, 15) is 9.59 Å². The van der Waals surface area contributed by atoms with Gasteiger partial charge in [-0.25, -0.2) is 4.79 Å².